The first-order valence-corrected chi connectivity index (χ1v) is 8.52. The zero-order valence-electron chi connectivity index (χ0n) is 12.4. The number of rotatable bonds is 4. The zero-order chi connectivity index (χ0) is 13.5. The number of amides is 1. The molecule has 3 aliphatic heterocycles. The molecule has 4 rings (SSSR count). The van der Waals surface area contributed by atoms with Crippen molar-refractivity contribution < 1.29 is 4.79 Å². The Bertz CT molecular complexity index is 382. The fraction of sp³-hybridized carbons (Fsp3) is 0.938. The lowest BCUT2D eigenvalue weighted by Gasteiger charge is -2.33. The molecule has 0 aromatic heterocycles. The molecule has 0 aromatic rings. The largest absolute Gasteiger partial charge is 0.355 e. The molecular formula is C16H27N3O. The van der Waals surface area contributed by atoms with E-state index >= 15 is 0 Å². The molecule has 4 fully saturated rings. The van der Waals surface area contributed by atoms with E-state index in [9.17, 15) is 4.79 Å². The Morgan fingerprint density at radius 1 is 1.10 bits per heavy atom. The molecule has 1 amide bonds. The lowest BCUT2D eigenvalue weighted by molar-refractivity contribution is -0.122. The van der Waals surface area contributed by atoms with E-state index in [1.165, 1.54) is 45.2 Å². The van der Waals surface area contributed by atoms with Crippen LogP contribution in [0.5, 0.6) is 0 Å². The van der Waals surface area contributed by atoms with Gasteiger partial charge in [-0.1, -0.05) is 6.42 Å². The van der Waals surface area contributed by atoms with Crippen molar-refractivity contribution in [2.24, 2.45) is 17.8 Å². The maximum absolute atomic E-state index is 12.0. The van der Waals surface area contributed by atoms with Crippen LogP contribution in [-0.4, -0.2) is 61.0 Å². The van der Waals surface area contributed by atoms with Gasteiger partial charge >= 0.3 is 0 Å². The van der Waals surface area contributed by atoms with Crippen molar-refractivity contribution in [2.75, 3.05) is 39.3 Å². The van der Waals surface area contributed by atoms with Gasteiger partial charge in [0.1, 0.15) is 0 Å². The average Bonchev–Trinajstić information content (AvgIpc) is 3.10. The molecule has 3 atom stereocenters. The molecule has 112 valence electrons. The summed E-state index contributed by atoms with van der Waals surface area (Å²) in [4.78, 5) is 17.1. The van der Waals surface area contributed by atoms with E-state index in [2.05, 4.69) is 15.1 Å². The molecule has 0 bridgehead atoms. The third kappa shape index (κ3) is 2.60. The van der Waals surface area contributed by atoms with Gasteiger partial charge in [0.2, 0.25) is 5.91 Å². The Labute approximate surface area is 121 Å². The van der Waals surface area contributed by atoms with Gasteiger partial charge in [0.05, 0.1) is 6.54 Å². The monoisotopic (exact) mass is 277 g/mol. The van der Waals surface area contributed by atoms with Gasteiger partial charge in [-0.15, -0.1) is 0 Å². The number of nitrogens with one attached hydrogen (secondary N) is 1. The normalized spacial score (nSPS) is 37.7. The second-order valence-corrected chi connectivity index (χ2v) is 7.42. The van der Waals surface area contributed by atoms with Gasteiger partial charge in [-0.2, -0.15) is 0 Å². The minimum atomic E-state index is 0.248. The lowest BCUT2D eigenvalue weighted by atomic mass is 9.90. The second kappa shape index (κ2) is 5.30. The highest BCUT2D eigenvalue weighted by atomic mass is 16.2. The Morgan fingerprint density at radius 2 is 2.00 bits per heavy atom. The van der Waals surface area contributed by atoms with Crippen LogP contribution in [0.25, 0.3) is 0 Å². The smallest absolute Gasteiger partial charge is 0.234 e. The second-order valence-electron chi connectivity index (χ2n) is 7.42. The predicted molar refractivity (Wildman–Crippen MR) is 78.4 cm³/mol. The fourth-order valence-corrected chi connectivity index (χ4v) is 4.62. The average molecular weight is 277 g/mol. The third-order valence-electron chi connectivity index (χ3n) is 5.85. The maximum Gasteiger partial charge on any atom is 0.234 e. The van der Waals surface area contributed by atoms with Gasteiger partial charge in [0.15, 0.2) is 0 Å². The SMILES string of the molecule is O=C(CN1C[C@@H]2CN3CCCC[C@H]3[C@H]2C1)NCC1CC1. The first kappa shape index (κ1) is 13.1. The highest BCUT2D eigenvalue weighted by molar-refractivity contribution is 5.78. The number of hydrogen-bond donors (Lipinski definition) is 1. The summed E-state index contributed by atoms with van der Waals surface area (Å²) in [6.07, 6.45) is 6.82. The molecule has 0 spiro atoms. The van der Waals surface area contributed by atoms with Gasteiger partial charge in [-0.3, -0.25) is 14.6 Å². The summed E-state index contributed by atoms with van der Waals surface area (Å²) >= 11 is 0. The number of piperidine rings is 1. The van der Waals surface area contributed by atoms with Gasteiger partial charge in [-0.05, 0) is 50.0 Å². The van der Waals surface area contributed by atoms with E-state index < -0.39 is 0 Å². The number of hydrogen-bond acceptors (Lipinski definition) is 3. The van der Waals surface area contributed by atoms with Crippen molar-refractivity contribution in [2.45, 2.75) is 38.1 Å². The summed E-state index contributed by atoms with van der Waals surface area (Å²) in [5.74, 6) is 2.70. The van der Waals surface area contributed by atoms with Crippen LogP contribution in [0.4, 0.5) is 0 Å². The highest BCUT2D eigenvalue weighted by Gasteiger charge is 2.47. The Balaban J connectivity index is 1.27. The van der Waals surface area contributed by atoms with E-state index in [0.29, 0.717) is 6.54 Å². The number of likely N-dealkylation sites (tertiary alicyclic amines) is 1. The molecule has 1 aliphatic carbocycles. The van der Waals surface area contributed by atoms with Crippen LogP contribution in [0.2, 0.25) is 0 Å². The van der Waals surface area contributed by atoms with Crippen molar-refractivity contribution in [1.82, 2.24) is 15.1 Å². The third-order valence-corrected chi connectivity index (χ3v) is 5.85. The first-order valence-electron chi connectivity index (χ1n) is 8.52. The minimum Gasteiger partial charge on any atom is -0.355 e. The van der Waals surface area contributed by atoms with Gasteiger partial charge in [0.25, 0.3) is 0 Å². The summed E-state index contributed by atoms with van der Waals surface area (Å²) in [6.45, 7) is 6.45. The molecule has 20 heavy (non-hydrogen) atoms. The summed E-state index contributed by atoms with van der Waals surface area (Å²) in [6, 6.07) is 0.827. The summed E-state index contributed by atoms with van der Waals surface area (Å²) in [5, 5.41) is 3.10. The zero-order valence-corrected chi connectivity index (χ0v) is 12.4. The van der Waals surface area contributed by atoms with Crippen molar-refractivity contribution >= 4 is 5.91 Å². The molecule has 0 aromatic carbocycles. The van der Waals surface area contributed by atoms with Crippen molar-refractivity contribution in [1.29, 1.82) is 0 Å². The van der Waals surface area contributed by atoms with Crippen LogP contribution >= 0.6 is 0 Å². The maximum atomic E-state index is 12.0. The predicted octanol–water partition coefficient (Wildman–Crippen LogP) is 0.929. The molecule has 1 saturated carbocycles. The van der Waals surface area contributed by atoms with Crippen LogP contribution in [0.3, 0.4) is 0 Å². The van der Waals surface area contributed by atoms with Crippen molar-refractivity contribution in [3.05, 3.63) is 0 Å². The number of carbonyl (C=O) groups excluding carboxylic acids is 1. The number of fused-ring (bicyclic) bond motifs is 3. The Morgan fingerprint density at radius 3 is 2.85 bits per heavy atom. The van der Waals surface area contributed by atoms with E-state index in [-0.39, 0.29) is 5.91 Å². The van der Waals surface area contributed by atoms with Gasteiger partial charge in [-0.25, -0.2) is 0 Å². The first-order chi connectivity index (χ1) is 9.79. The standard InChI is InChI=1S/C16H27N3O/c20-16(17-7-12-4-5-12)11-18-8-13-9-19-6-2-1-3-15(19)14(13)10-18/h12-15H,1-11H2,(H,17,20)/t13-,14+,15+/m1/s1. The van der Waals surface area contributed by atoms with E-state index in [4.69, 9.17) is 0 Å². The molecule has 0 unspecified atom stereocenters. The Hall–Kier alpha value is -0.610. The fourth-order valence-electron chi connectivity index (χ4n) is 4.62. The Kier molecular flexibility index (Phi) is 3.47. The molecule has 4 nitrogen and oxygen atoms in total. The lowest BCUT2D eigenvalue weighted by Crippen LogP contribution is -2.42. The summed E-state index contributed by atoms with van der Waals surface area (Å²) in [7, 11) is 0. The quantitative estimate of drug-likeness (QED) is 0.830. The van der Waals surface area contributed by atoms with Crippen molar-refractivity contribution in [3.8, 4) is 0 Å². The minimum absolute atomic E-state index is 0.248. The number of carbonyl (C=O) groups is 1. The van der Waals surface area contributed by atoms with E-state index in [0.717, 1.165) is 43.4 Å². The molecule has 4 aliphatic rings. The summed E-state index contributed by atoms with van der Waals surface area (Å²) in [5.41, 5.74) is 0. The van der Waals surface area contributed by atoms with Gasteiger partial charge < -0.3 is 5.32 Å². The van der Waals surface area contributed by atoms with E-state index in [1.54, 1.807) is 0 Å². The molecular weight excluding hydrogens is 250 g/mol. The van der Waals surface area contributed by atoms with E-state index in [1.807, 2.05) is 0 Å². The molecule has 4 heteroatoms. The summed E-state index contributed by atoms with van der Waals surface area (Å²) < 4.78 is 0. The van der Waals surface area contributed by atoms with Crippen LogP contribution in [0.1, 0.15) is 32.1 Å². The molecule has 0 radical (unpaired) electrons. The van der Waals surface area contributed by atoms with Crippen LogP contribution in [0.15, 0.2) is 0 Å². The highest BCUT2D eigenvalue weighted by Crippen LogP contribution is 2.40. The molecule has 1 N–H and O–H groups in total. The number of nitrogens with zero attached hydrogens (tertiary/aromatic N) is 2. The molecule has 3 heterocycles. The van der Waals surface area contributed by atoms with Crippen LogP contribution in [0, 0.1) is 17.8 Å². The van der Waals surface area contributed by atoms with Crippen LogP contribution < -0.4 is 5.32 Å². The topological polar surface area (TPSA) is 35.6 Å². The van der Waals surface area contributed by atoms with Gasteiger partial charge in [0, 0.05) is 32.2 Å². The van der Waals surface area contributed by atoms with Crippen molar-refractivity contribution in [3.63, 3.8) is 0 Å². The molecule has 3 saturated heterocycles. The van der Waals surface area contributed by atoms with Crippen LogP contribution in [-0.2, 0) is 4.79 Å².